The SMILES string of the molecule is COC(=O)Nc1nc2ccc(S(=O)(=O)c3ccc(NC(=O)Nc4cc(C(F)(F)F)ccc4F)cc3)cc2[nH]1.[Cl-]. The van der Waals surface area contributed by atoms with Gasteiger partial charge in [-0.15, -0.1) is 0 Å². The maximum atomic E-state index is 13.9. The summed E-state index contributed by atoms with van der Waals surface area (Å²) >= 11 is 0. The van der Waals surface area contributed by atoms with Gasteiger partial charge in [-0.3, -0.25) is 5.32 Å². The fourth-order valence-corrected chi connectivity index (χ4v) is 4.59. The van der Waals surface area contributed by atoms with Gasteiger partial charge in [0.2, 0.25) is 15.8 Å². The van der Waals surface area contributed by atoms with Gasteiger partial charge in [0.1, 0.15) is 5.82 Å². The Labute approximate surface area is 224 Å². The van der Waals surface area contributed by atoms with Gasteiger partial charge in [-0.1, -0.05) is 0 Å². The number of H-pyrrole nitrogens is 1. The molecule has 16 heteroatoms. The minimum atomic E-state index is -4.73. The van der Waals surface area contributed by atoms with Crippen LogP contribution in [0.1, 0.15) is 5.56 Å². The third kappa shape index (κ3) is 6.56. The van der Waals surface area contributed by atoms with Crippen LogP contribution in [0.3, 0.4) is 0 Å². The number of benzene rings is 3. The van der Waals surface area contributed by atoms with Crippen molar-refractivity contribution in [1.29, 1.82) is 0 Å². The number of anilines is 3. The number of sulfone groups is 1. The van der Waals surface area contributed by atoms with Gasteiger partial charge in [-0.05, 0) is 60.7 Å². The highest BCUT2D eigenvalue weighted by molar-refractivity contribution is 7.91. The molecule has 4 aromatic rings. The van der Waals surface area contributed by atoms with Crippen molar-refractivity contribution in [2.24, 2.45) is 0 Å². The molecule has 3 aromatic carbocycles. The number of nitrogens with zero attached hydrogens (tertiary/aromatic N) is 1. The summed E-state index contributed by atoms with van der Waals surface area (Å²) in [6.45, 7) is 0. The molecule has 0 atom stereocenters. The lowest BCUT2D eigenvalue weighted by Crippen LogP contribution is -3.00. The van der Waals surface area contributed by atoms with E-state index in [1.54, 1.807) is 0 Å². The third-order valence-corrected chi connectivity index (χ3v) is 6.90. The Balaban J connectivity index is 0.00000420. The standard InChI is InChI=1S/C23H17F4N5O5S.ClH/c1-37-22(34)32-20-29-17-9-7-15(11-19(17)30-20)38(35,36)14-5-3-13(4-6-14)28-21(33)31-18-10-12(23(25,26)27)2-8-16(18)24;/h2-11H,1H3,(H2,28,31,33)(H2,29,30,32,34);1H/p-1. The summed E-state index contributed by atoms with van der Waals surface area (Å²) in [5, 5.41) is 6.61. The Morgan fingerprint density at radius 2 is 1.59 bits per heavy atom. The van der Waals surface area contributed by atoms with Crippen molar-refractivity contribution in [3.8, 4) is 0 Å². The molecule has 10 nitrogen and oxygen atoms in total. The number of aromatic nitrogens is 2. The van der Waals surface area contributed by atoms with Crippen molar-refractivity contribution in [2.45, 2.75) is 16.0 Å². The van der Waals surface area contributed by atoms with Gasteiger partial charge in [-0.2, -0.15) is 13.2 Å². The Kier molecular flexibility index (Phi) is 8.36. The number of alkyl halides is 3. The molecule has 0 saturated heterocycles. The fraction of sp³-hybridized carbons (Fsp3) is 0.0870. The van der Waals surface area contributed by atoms with Crippen molar-refractivity contribution in [1.82, 2.24) is 9.97 Å². The first-order valence-electron chi connectivity index (χ1n) is 10.5. The average Bonchev–Trinajstić information content (AvgIpc) is 3.26. The van der Waals surface area contributed by atoms with Crippen LogP contribution in [0.5, 0.6) is 0 Å². The molecule has 0 aliphatic heterocycles. The van der Waals surface area contributed by atoms with Crippen LogP contribution in [0, 0.1) is 5.82 Å². The maximum Gasteiger partial charge on any atom is 0.416 e. The molecule has 1 aromatic heterocycles. The van der Waals surface area contributed by atoms with Crippen LogP contribution >= 0.6 is 0 Å². The largest absolute Gasteiger partial charge is 1.00 e. The molecule has 0 bridgehead atoms. The van der Waals surface area contributed by atoms with Crippen molar-refractivity contribution in [3.63, 3.8) is 0 Å². The highest BCUT2D eigenvalue weighted by Crippen LogP contribution is 2.32. The Bertz CT molecular complexity index is 1640. The molecular weight excluding hydrogens is 570 g/mol. The number of urea groups is 1. The van der Waals surface area contributed by atoms with E-state index in [0.717, 1.165) is 0 Å². The quantitative estimate of drug-likeness (QED) is 0.265. The molecule has 3 amide bonds. The molecular formula is C23H17ClF4N5O5S-. The molecule has 0 spiro atoms. The van der Waals surface area contributed by atoms with E-state index < -0.39 is 45.2 Å². The van der Waals surface area contributed by atoms with Crippen LogP contribution in [-0.2, 0) is 20.8 Å². The number of fused-ring (bicyclic) bond motifs is 1. The highest BCUT2D eigenvalue weighted by Gasteiger charge is 2.31. The summed E-state index contributed by atoms with van der Waals surface area (Å²) < 4.78 is 83.1. The second-order valence-corrected chi connectivity index (χ2v) is 9.63. The molecule has 0 aliphatic carbocycles. The van der Waals surface area contributed by atoms with Crippen LogP contribution in [-0.4, -0.2) is 37.6 Å². The van der Waals surface area contributed by atoms with E-state index in [4.69, 9.17) is 0 Å². The molecule has 0 unspecified atom stereocenters. The summed E-state index contributed by atoms with van der Waals surface area (Å²) in [5.41, 5.74) is -1.02. The number of rotatable bonds is 5. The van der Waals surface area contributed by atoms with Gasteiger partial charge in [0.25, 0.3) is 0 Å². The zero-order valence-corrected chi connectivity index (χ0v) is 21.1. The number of hydrogen-bond donors (Lipinski definition) is 4. The number of imidazole rings is 1. The van der Waals surface area contributed by atoms with E-state index in [-0.39, 0.29) is 33.8 Å². The molecule has 0 saturated carbocycles. The summed E-state index contributed by atoms with van der Waals surface area (Å²) in [7, 11) is -2.84. The van der Waals surface area contributed by atoms with Crippen molar-refractivity contribution in [3.05, 3.63) is 72.0 Å². The zero-order chi connectivity index (χ0) is 27.7. The van der Waals surface area contributed by atoms with E-state index in [1.165, 1.54) is 49.6 Å². The second-order valence-electron chi connectivity index (χ2n) is 7.68. The van der Waals surface area contributed by atoms with Crippen LogP contribution in [0.25, 0.3) is 11.0 Å². The minimum absolute atomic E-state index is 0. The average molecular weight is 587 g/mol. The summed E-state index contributed by atoms with van der Waals surface area (Å²) in [6.07, 6.45) is -5.49. The molecule has 1 heterocycles. The van der Waals surface area contributed by atoms with Gasteiger partial charge in [0, 0.05) is 5.69 Å². The number of hydrogen-bond acceptors (Lipinski definition) is 6. The minimum Gasteiger partial charge on any atom is -1.00 e. The van der Waals surface area contributed by atoms with E-state index in [9.17, 15) is 35.6 Å². The predicted molar refractivity (Wildman–Crippen MR) is 128 cm³/mol. The maximum absolute atomic E-state index is 13.9. The molecule has 0 fully saturated rings. The van der Waals surface area contributed by atoms with Crippen LogP contribution < -0.4 is 28.4 Å². The molecule has 0 radical (unpaired) electrons. The number of aromatic amines is 1. The number of carbonyl (C=O) groups is 2. The van der Waals surface area contributed by atoms with Gasteiger partial charge >= 0.3 is 18.3 Å². The number of halogens is 5. The smallest absolute Gasteiger partial charge is 0.416 e. The van der Waals surface area contributed by atoms with Crippen molar-refractivity contribution in [2.75, 3.05) is 23.1 Å². The number of ether oxygens (including phenoxy) is 1. The Morgan fingerprint density at radius 3 is 2.23 bits per heavy atom. The number of nitrogens with one attached hydrogen (secondary N) is 4. The Hall–Kier alpha value is -4.37. The second kappa shape index (κ2) is 11.2. The first-order valence-corrected chi connectivity index (χ1v) is 12.0. The van der Waals surface area contributed by atoms with Gasteiger partial charge in [0.05, 0.1) is 39.2 Å². The van der Waals surface area contributed by atoms with E-state index in [2.05, 4.69) is 25.3 Å². The monoisotopic (exact) mass is 586 g/mol. The Morgan fingerprint density at radius 1 is 0.923 bits per heavy atom. The van der Waals surface area contributed by atoms with Crippen molar-refractivity contribution < 1.29 is 52.7 Å². The van der Waals surface area contributed by atoms with Gasteiger partial charge < -0.3 is 32.8 Å². The number of methoxy groups -OCH3 is 1. The molecule has 4 N–H and O–H groups in total. The predicted octanol–water partition coefficient (Wildman–Crippen LogP) is 2.38. The van der Waals surface area contributed by atoms with Crippen molar-refractivity contribution >= 4 is 50.3 Å². The number of amides is 3. The molecule has 39 heavy (non-hydrogen) atoms. The first kappa shape index (κ1) is 29.2. The van der Waals surface area contributed by atoms with Gasteiger partial charge in [-0.25, -0.2) is 27.4 Å². The van der Waals surface area contributed by atoms with Crippen LogP contribution in [0.4, 0.5) is 44.5 Å². The van der Waals surface area contributed by atoms with Crippen LogP contribution in [0.2, 0.25) is 0 Å². The number of carbonyl (C=O) groups excluding carboxylic acids is 2. The lowest BCUT2D eigenvalue weighted by Gasteiger charge is -2.12. The lowest BCUT2D eigenvalue weighted by atomic mass is 10.2. The summed E-state index contributed by atoms with van der Waals surface area (Å²) in [5.74, 6) is -1.02. The fourth-order valence-electron chi connectivity index (χ4n) is 3.30. The van der Waals surface area contributed by atoms with E-state index in [1.807, 2.05) is 5.32 Å². The summed E-state index contributed by atoms with van der Waals surface area (Å²) in [4.78, 5) is 30.2. The normalized spacial score (nSPS) is 11.4. The van der Waals surface area contributed by atoms with E-state index >= 15 is 0 Å². The lowest BCUT2D eigenvalue weighted by molar-refractivity contribution is -0.137. The topological polar surface area (TPSA) is 142 Å². The van der Waals surface area contributed by atoms with E-state index in [0.29, 0.717) is 29.2 Å². The van der Waals surface area contributed by atoms with Gasteiger partial charge in [0.15, 0.2) is 0 Å². The first-order chi connectivity index (χ1) is 17.9. The molecule has 0 aliphatic rings. The highest BCUT2D eigenvalue weighted by atomic mass is 35.5. The molecule has 4 rings (SSSR count). The molecule has 206 valence electrons. The zero-order valence-electron chi connectivity index (χ0n) is 19.6. The third-order valence-electron chi connectivity index (χ3n) is 5.13. The van der Waals surface area contributed by atoms with Crippen LogP contribution in [0.15, 0.2) is 70.5 Å². The summed E-state index contributed by atoms with van der Waals surface area (Å²) in [6, 6.07) is 9.53.